The normalized spacial score (nSPS) is 23.6. The topological polar surface area (TPSA) is 41.5 Å². The molecule has 0 aliphatic heterocycles. The minimum absolute atomic E-state index is 0.180. The number of aliphatic hydroxyl groups excluding tert-OH is 1. The number of rotatable bonds is 5. The van der Waals surface area contributed by atoms with E-state index >= 15 is 0 Å². The SMILES string of the molecule is CC(C)Oc1ccccc1CNC1CCCCCC1O. The maximum atomic E-state index is 10.1. The fraction of sp³-hybridized carbons (Fsp3) is 0.647. The summed E-state index contributed by atoms with van der Waals surface area (Å²) in [6.45, 7) is 4.84. The van der Waals surface area contributed by atoms with Gasteiger partial charge in [-0.15, -0.1) is 0 Å². The fourth-order valence-electron chi connectivity index (χ4n) is 2.79. The van der Waals surface area contributed by atoms with Crippen LogP contribution in [-0.2, 0) is 6.54 Å². The molecule has 2 unspecified atom stereocenters. The molecule has 2 N–H and O–H groups in total. The molecule has 1 aromatic rings. The van der Waals surface area contributed by atoms with Crippen LogP contribution in [0.4, 0.5) is 0 Å². The van der Waals surface area contributed by atoms with Gasteiger partial charge in [-0.3, -0.25) is 0 Å². The van der Waals surface area contributed by atoms with Crippen LogP contribution in [0.3, 0.4) is 0 Å². The number of hydrogen-bond donors (Lipinski definition) is 2. The molecule has 1 aromatic carbocycles. The highest BCUT2D eigenvalue weighted by molar-refractivity contribution is 5.33. The lowest BCUT2D eigenvalue weighted by Crippen LogP contribution is -2.38. The van der Waals surface area contributed by atoms with Crippen LogP contribution >= 0.6 is 0 Å². The van der Waals surface area contributed by atoms with Crippen LogP contribution < -0.4 is 10.1 Å². The monoisotopic (exact) mass is 277 g/mol. The van der Waals surface area contributed by atoms with Crippen molar-refractivity contribution in [3.8, 4) is 5.75 Å². The average molecular weight is 277 g/mol. The zero-order chi connectivity index (χ0) is 14.4. The van der Waals surface area contributed by atoms with E-state index in [9.17, 15) is 5.11 Å². The molecule has 1 fully saturated rings. The van der Waals surface area contributed by atoms with E-state index in [2.05, 4.69) is 11.4 Å². The molecule has 0 aromatic heterocycles. The van der Waals surface area contributed by atoms with E-state index < -0.39 is 0 Å². The van der Waals surface area contributed by atoms with Crippen molar-refractivity contribution in [3.05, 3.63) is 29.8 Å². The van der Waals surface area contributed by atoms with E-state index in [1.165, 1.54) is 12.8 Å². The molecule has 0 heterocycles. The summed E-state index contributed by atoms with van der Waals surface area (Å²) in [6.07, 6.45) is 5.54. The van der Waals surface area contributed by atoms with Crippen LogP contribution in [0.5, 0.6) is 5.75 Å². The van der Waals surface area contributed by atoms with Crippen molar-refractivity contribution in [1.82, 2.24) is 5.32 Å². The van der Waals surface area contributed by atoms with Gasteiger partial charge in [0.1, 0.15) is 5.75 Å². The van der Waals surface area contributed by atoms with E-state index in [4.69, 9.17) is 4.74 Å². The maximum absolute atomic E-state index is 10.1. The van der Waals surface area contributed by atoms with Crippen molar-refractivity contribution in [1.29, 1.82) is 0 Å². The molecule has 1 aliphatic rings. The summed E-state index contributed by atoms with van der Waals surface area (Å²) >= 11 is 0. The Morgan fingerprint density at radius 2 is 1.95 bits per heavy atom. The highest BCUT2D eigenvalue weighted by Gasteiger charge is 2.21. The molecule has 3 nitrogen and oxygen atoms in total. The second-order valence-corrected chi connectivity index (χ2v) is 5.97. The third kappa shape index (κ3) is 4.50. The van der Waals surface area contributed by atoms with Gasteiger partial charge in [-0.25, -0.2) is 0 Å². The van der Waals surface area contributed by atoms with E-state index in [0.717, 1.165) is 37.1 Å². The molecule has 3 heteroatoms. The first-order chi connectivity index (χ1) is 9.66. The van der Waals surface area contributed by atoms with Crippen molar-refractivity contribution < 1.29 is 9.84 Å². The second-order valence-electron chi connectivity index (χ2n) is 5.97. The van der Waals surface area contributed by atoms with Crippen LogP contribution in [-0.4, -0.2) is 23.4 Å². The van der Waals surface area contributed by atoms with Gasteiger partial charge < -0.3 is 15.2 Å². The molecular formula is C17H27NO2. The first-order valence-corrected chi connectivity index (χ1v) is 7.83. The van der Waals surface area contributed by atoms with Gasteiger partial charge >= 0.3 is 0 Å². The third-order valence-corrected chi connectivity index (χ3v) is 3.87. The summed E-state index contributed by atoms with van der Waals surface area (Å²) in [5, 5.41) is 13.7. The van der Waals surface area contributed by atoms with Gasteiger partial charge in [0.15, 0.2) is 0 Å². The number of hydrogen-bond acceptors (Lipinski definition) is 3. The first-order valence-electron chi connectivity index (χ1n) is 7.83. The van der Waals surface area contributed by atoms with Crippen molar-refractivity contribution >= 4 is 0 Å². The standard InChI is InChI=1S/C17H27NO2/c1-13(2)20-17-11-7-6-8-14(17)12-18-15-9-4-3-5-10-16(15)19/h6-8,11,13,15-16,18-19H,3-5,9-10,12H2,1-2H3. The van der Waals surface area contributed by atoms with Gasteiger partial charge in [-0.05, 0) is 32.8 Å². The van der Waals surface area contributed by atoms with Crippen molar-refractivity contribution in [2.75, 3.05) is 0 Å². The summed E-state index contributed by atoms with van der Waals surface area (Å²) in [7, 11) is 0. The highest BCUT2D eigenvalue weighted by Crippen LogP contribution is 2.22. The maximum Gasteiger partial charge on any atom is 0.124 e. The molecular weight excluding hydrogens is 250 g/mol. The number of aliphatic hydroxyl groups is 1. The number of ether oxygens (including phenoxy) is 1. The molecule has 20 heavy (non-hydrogen) atoms. The van der Waals surface area contributed by atoms with Crippen LogP contribution in [0.1, 0.15) is 51.5 Å². The molecule has 112 valence electrons. The molecule has 2 atom stereocenters. The Labute approximate surface area is 122 Å². The predicted molar refractivity (Wildman–Crippen MR) is 81.9 cm³/mol. The van der Waals surface area contributed by atoms with Crippen LogP contribution in [0.15, 0.2) is 24.3 Å². The lowest BCUT2D eigenvalue weighted by molar-refractivity contribution is 0.119. The van der Waals surface area contributed by atoms with Gasteiger partial charge in [0, 0.05) is 18.2 Å². The highest BCUT2D eigenvalue weighted by atomic mass is 16.5. The summed E-state index contributed by atoms with van der Waals surface area (Å²) in [4.78, 5) is 0. The number of benzene rings is 1. The Kier molecular flexibility index (Phi) is 5.86. The Morgan fingerprint density at radius 1 is 1.20 bits per heavy atom. The van der Waals surface area contributed by atoms with Gasteiger partial charge in [0.05, 0.1) is 12.2 Å². The summed E-state index contributed by atoms with van der Waals surface area (Å²) in [6, 6.07) is 8.36. The van der Waals surface area contributed by atoms with Gasteiger partial charge in [-0.1, -0.05) is 37.5 Å². The second kappa shape index (κ2) is 7.65. The number of para-hydroxylation sites is 1. The van der Waals surface area contributed by atoms with Crippen molar-refractivity contribution in [2.45, 2.75) is 70.7 Å². The average Bonchev–Trinajstić information content (AvgIpc) is 2.62. The minimum Gasteiger partial charge on any atom is -0.491 e. The predicted octanol–water partition coefficient (Wildman–Crippen LogP) is 3.26. The molecule has 0 spiro atoms. The van der Waals surface area contributed by atoms with Crippen LogP contribution in [0.25, 0.3) is 0 Å². The zero-order valence-electron chi connectivity index (χ0n) is 12.6. The van der Waals surface area contributed by atoms with Crippen molar-refractivity contribution in [2.24, 2.45) is 0 Å². The Bertz CT molecular complexity index is 406. The molecule has 0 saturated heterocycles. The summed E-state index contributed by atoms with van der Waals surface area (Å²) < 4.78 is 5.83. The largest absolute Gasteiger partial charge is 0.491 e. The van der Waals surface area contributed by atoms with Gasteiger partial charge in [0.2, 0.25) is 0 Å². The third-order valence-electron chi connectivity index (χ3n) is 3.87. The van der Waals surface area contributed by atoms with Crippen LogP contribution in [0, 0.1) is 0 Å². The lowest BCUT2D eigenvalue weighted by Gasteiger charge is -2.23. The summed E-state index contributed by atoms with van der Waals surface area (Å²) in [5.74, 6) is 0.943. The zero-order valence-corrected chi connectivity index (χ0v) is 12.6. The molecule has 2 rings (SSSR count). The lowest BCUT2D eigenvalue weighted by atomic mass is 10.1. The molecule has 0 amide bonds. The molecule has 0 bridgehead atoms. The number of nitrogens with one attached hydrogen (secondary N) is 1. The Balaban J connectivity index is 1.95. The van der Waals surface area contributed by atoms with Crippen molar-refractivity contribution in [3.63, 3.8) is 0 Å². The Hall–Kier alpha value is -1.06. The van der Waals surface area contributed by atoms with E-state index in [1.807, 2.05) is 32.0 Å². The van der Waals surface area contributed by atoms with E-state index in [-0.39, 0.29) is 18.2 Å². The minimum atomic E-state index is -0.212. The first kappa shape index (κ1) is 15.3. The molecule has 1 aliphatic carbocycles. The van der Waals surface area contributed by atoms with Crippen LogP contribution in [0.2, 0.25) is 0 Å². The smallest absolute Gasteiger partial charge is 0.124 e. The van der Waals surface area contributed by atoms with Gasteiger partial charge in [0.25, 0.3) is 0 Å². The van der Waals surface area contributed by atoms with Gasteiger partial charge in [-0.2, -0.15) is 0 Å². The van der Waals surface area contributed by atoms with E-state index in [1.54, 1.807) is 0 Å². The molecule has 1 saturated carbocycles. The Morgan fingerprint density at radius 3 is 2.75 bits per heavy atom. The fourth-order valence-corrected chi connectivity index (χ4v) is 2.79. The molecule has 0 radical (unpaired) electrons. The summed E-state index contributed by atoms with van der Waals surface area (Å²) in [5.41, 5.74) is 1.16. The van der Waals surface area contributed by atoms with E-state index in [0.29, 0.717) is 0 Å². The quantitative estimate of drug-likeness (QED) is 0.812.